The molecule has 0 amide bonds. The molecule has 62 valence electrons. The summed E-state index contributed by atoms with van der Waals surface area (Å²) in [5, 5.41) is 3.63. The van der Waals surface area contributed by atoms with Gasteiger partial charge in [-0.05, 0) is 11.1 Å². The highest BCUT2D eigenvalue weighted by Crippen LogP contribution is 2.40. The molecule has 12 heavy (non-hydrogen) atoms. The Morgan fingerprint density at radius 3 is 2.25 bits per heavy atom. The molecule has 1 fully saturated rings. The van der Waals surface area contributed by atoms with Gasteiger partial charge >= 0.3 is 0 Å². The number of benzene rings is 1. The highest BCUT2D eigenvalue weighted by Gasteiger charge is 2.32. The molecule has 0 spiro atoms. The van der Waals surface area contributed by atoms with Gasteiger partial charge in [-0.15, -0.1) is 0 Å². The fourth-order valence-corrected chi connectivity index (χ4v) is 3.31. The van der Waals surface area contributed by atoms with E-state index in [2.05, 4.69) is 41.3 Å². The van der Waals surface area contributed by atoms with Crippen molar-refractivity contribution in [3.63, 3.8) is 0 Å². The smallest absolute Gasteiger partial charge is 0.0420 e. The molecule has 0 aromatic heterocycles. The summed E-state index contributed by atoms with van der Waals surface area (Å²) in [6.45, 7) is 0. The zero-order valence-electron chi connectivity index (χ0n) is 6.79. The van der Waals surface area contributed by atoms with Crippen LogP contribution in [-0.4, -0.2) is 11.5 Å². The van der Waals surface area contributed by atoms with Crippen molar-refractivity contribution in [1.82, 2.24) is 5.32 Å². The van der Waals surface area contributed by atoms with Crippen LogP contribution in [0, 0.1) is 0 Å². The standard InChI is InChI=1S/C10H11NS/c1-2-4-8-7(3-1)9-5-12-6-10(8)11-9/h1-4,9-11H,5-6H2. The minimum absolute atomic E-state index is 0.630. The van der Waals surface area contributed by atoms with Crippen molar-refractivity contribution >= 4 is 11.8 Å². The number of rotatable bonds is 0. The van der Waals surface area contributed by atoms with Crippen molar-refractivity contribution in [2.45, 2.75) is 12.1 Å². The Morgan fingerprint density at radius 2 is 1.67 bits per heavy atom. The van der Waals surface area contributed by atoms with E-state index in [4.69, 9.17) is 0 Å². The van der Waals surface area contributed by atoms with Crippen LogP contribution in [0.4, 0.5) is 0 Å². The Kier molecular flexibility index (Phi) is 1.46. The molecule has 2 aliphatic heterocycles. The van der Waals surface area contributed by atoms with Gasteiger partial charge in [0, 0.05) is 23.6 Å². The molecule has 0 saturated carbocycles. The second-order valence-corrected chi connectivity index (χ2v) is 4.51. The molecule has 1 N–H and O–H groups in total. The molecule has 2 atom stereocenters. The molecule has 2 heteroatoms. The van der Waals surface area contributed by atoms with Gasteiger partial charge in [-0.1, -0.05) is 24.3 Å². The first-order valence-corrected chi connectivity index (χ1v) is 5.53. The average molecular weight is 177 g/mol. The Labute approximate surface area is 76.6 Å². The number of fused-ring (bicyclic) bond motifs is 5. The fourth-order valence-electron chi connectivity index (χ4n) is 2.15. The molecular weight excluding hydrogens is 166 g/mol. The fraction of sp³-hybridized carbons (Fsp3) is 0.400. The summed E-state index contributed by atoms with van der Waals surface area (Å²) in [4.78, 5) is 0. The van der Waals surface area contributed by atoms with Crippen LogP contribution < -0.4 is 5.32 Å². The van der Waals surface area contributed by atoms with Crippen LogP contribution >= 0.6 is 11.8 Å². The predicted molar refractivity (Wildman–Crippen MR) is 52.4 cm³/mol. The van der Waals surface area contributed by atoms with Gasteiger partial charge in [0.15, 0.2) is 0 Å². The Balaban J connectivity index is 2.16. The first kappa shape index (κ1) is 6.98. The highest BCUT2D eigenvalue weighted by molar-refractivity contribution is 7.99. The van der Waals surface area contributed by atoms with Crippen LogP contribution in [0.5, 0.6) is 0 Å². The maximum Gasteiger partial charge on any atom is 0.0420 e. The summed E-state index contributed by atoms with van der Waals surface area (Å²) in [6, 6.07) is 10.1. The maximum atomic E-state index is 3.63. The van der Waals surface area contributed by atoms with Crippen molar-refractivity contribution in [2.24, 2.45) is 0 Å². The van der Waals surface area contributed by atoms with E-state index in [0.29, 0.717) is 12.1 Å². The van der Waals surface area contributed by atoms with Gasteiger partial charge in [-0.2, -0.15) is 11.8 Å². The first-order valence-electron chi connectivity index (χ1n) is 4.38. The van der Waals surface area contributed by atoms with Gasteiger partial charge < -0.3 is 5.32 Å². The number of thioether (sulfide) groups is 1. The molecule has 0 aliphatic carbocycles. The Morgan fingerprint density at radius 1 is 1.08 bits per heavy atom. The topological polar surface area (TPSA) is 12.0 Å². The second kappa shape index (κ2) is 2.51. The third-order valence-electron chi connectivity index (χ3n) is 2.72. The lowest BCUT2D eigenvalue weighted by Gasteiger charge is -2.20. The lowest BCUT2D eigenvalue weighted by molar-refractivity contribution is 0.548. The van der Waals surface area contributed by atoms with E-state index in [9.17, 15) is 0 Å². The molecule has 2 aliphatic rings. The van der Waals surface area contributed by atoms with Crippen LogP contribution in [0.25, 0.3) is 0 Å². The molecular formula is C10H11NS. The number of nitrogens with one attached hydrogen (secondary N) is 1. The van der Waals surface area contributed by atoms with Crippen LogP contribution in [0.15, 0.2) is 24.3 Å². The highest BCUT2D eigenvalue weighted by atomic mass is 32.2. The predicted octanol–water partition coefficient (Wildman–Crippen LogP) is 2.12. The van der Waals surface area contributed by atoms with E-state index in [1.807, 2.05) is 0 Å². The third-order valence-corrected chi connectivity index (χ3v) is 3.86. The summed E-state index contributed by atoms with van der Waals surface area (Å²) in [7, 11) is 0. The molecule has 2 bridgehead atoms. The summed E-state index contributed by atoms with van der Waals surface area (Å²) in [5.41, 5.74) is 3.07. The summed E-state index contributed by atoms with van der Waals surface area (Å²) in [5.74, 6) is 2.49. The van der Waals surface area contributed by atoms with E-state index in [0.717, 1.165) is 0 Å². The van der Waals surface area contributed by atoms with Crippen molar-refractivity contribution < 1.29 is 0 Å². The number of hydrogen-bond acceptors (Lipinski definition) is 2. The van der Waals surface area contributed by atoms with E-state index >= 15 is 0 Å². The van der Waals surface area contributed by atoms with Gasteiger partial charge in [0.2, 0.25) is 0 Å². The number of hydrogen-bond donors (Lipinski definition) is 1. The first-order chi connectivity index (χ1) is 5.95. The second-order valence-electron chi connectivity index (χ2n) is 3.44. The van der Waals surface area contributed by atoms with Crippen molar-refractivity contribution in [3.8, 4) is 0 Å². The SMILES string of the molecule is c1ccc2c(c1)C1CSCC2N1. The molecule has 2 unspecified atom stereocenters. The zero-order valence-corrected chi connectivity index (χ0v) is 7.60. The molecule has 1 aromatic rings. The van der Waals surface area contributed by atoms with E-state index in [1.165, 1.54) is 22.6 Å². The summed E-state index contributed by atoms with van der Waals surface area (Å²) >= 11 is 2.07. The van der Waals surface area contributed by atoms with E-state index in [-0.39, 0.29) is 0 Å². The normalized spacial score (nSPS) is 31.7. The lowest BCUT2D eigenvalue weighted by atomic mass is 10.0. The molecule has 1 saturated heterocycles. The van der Waals surface area contributed by atoms with Gasteiger partial charge in [0.1, 0.15) is 0 Å². The van der Waals surface area contributed by atoms with Crippen molar-refractivity contribution in [3.05, 3.63) is 35.4 Å². The van der Waals surface area contributed by atoms with Crippen molar-refractivity contribution in [1.29, 1.82) is 0 Å². The van der Waals surface area contributed by atoms with Gasteiger partial charge in [0.25, 0.3) is 0 Å². The van der Waals surface area contributed by atoms with Crippen LogP contribution in [0.2, 0.25) is 0 Å². The van der Waals surface area contributed by atoms with Crippen LogP contribution in [0.1, 0.15) is 23.2 Å². The lowest BCUT2D eigenvalue weighted by Crippen LogP contribution is -2.25. The molecule has 0 radical (unpaired) electrons. The largest absolute Gasteiger partial charge is 0.302 e. The van der Waals surface area contributed by atoms with Gasteiger partial charge in [0.05, 0.1) is 0 Å². The van der Waals surface area contributed by atoms with E-state index < -0.39 is 0 Å². The molecule has 3 rings (SSSR count). The van der Waals surface area contributed by atoms with Crippen LogP contribution in [0.3, 0.4) is 0 Å². The third kappa shape index (κ3) is 0.852. The molecule has 2 heterocycles. The summed E-state index contributed by atoms with van der Waals surface area (Å²) in [6.07, 6.45) is 0. The van der Waals surface area contributed by atoms with Gasteiger partial charge in [-0.3, -0.25) is 0 Å². The Hall–Kier alpha value is -0.470. The van der Waals surface area contributed by atoms with Crippen molar-refractivity contribution in [2.75, 3.05) is 11.5 Å². The summed E-state index contributed by atoms with van der Waals surface area (Å²) < 4.78 is 0. The van der Waals surface area contributed by atoms with E-state index in [1.54, 1.807) is 0 Å². The molecule has 1 nitrogen and oxygen atoms in total. The monoisotopic (exact) mass is 177 g/mol. The zero-order chi connectivity index (χ0) is 7.97. The van der Waals surface area contributed by atoms with Gasteiger partial charge in [-0.25, -0.2) is 0 Å². The van der Waals surface area contributed by atoms with Crippen LogP contribution in [-0.2, 0) is 0 Å². The Bertz CT molecular complexity index is 281. The quantitative estimate of drug-likeness (QED) is 0.651. The molecule has 1 aromatic carbocycles. The minimum Gasteiger partial charge on any atom is -0.302 e. The average Bonchev–Trinajstić information content (AvgIpc) is 2.41. The maximum absolute atomic E-state index is 3.63. The minimum atomic E-state index is 0.630.